The van der Waals surface area contributed by atoms with Gasteiger partial charge in [0, 0.05) is 13.5 Å². The van der Waals surface area contributed by atoms with Gasteiger partial charge in [0.2, 0.25) is 0 Å². The lowest BCUT2D eigenvalue weighted by molar-refractivity contribution is -0.144. The highest BCUT2D eigenvalue weighted by molar-refractivity contribution is 5.70. The van der Waals surface area contributed by atoms with E-state index in [0.717, 1.165) is 30.8 Å². The standard InChI is InChI=1S/C13H20N2O3/c1-8-12(18-10(3)14-8)9(2)15-6-4-5-11(7-15)13(16)17/h9,11H,4-7H2,1-3H3,(H,16,17). The van der Waals surface area contributed by atoms with Crippen molar-refractivity contribution in [2.45, 2.75) is 39.7 Å². The smallest absolute Gasteiger partial charge is 0.307 e. The van der Waals surface area contributed by atoms with Crippen LogP contribution >= 0.6 is 0 Å². The van der Waals surface area contributed by atoms with Gasteiger partial charge in [-0.1, -0.05) is 0 Å². The van der Waals surface area contributed by atoms with E-state index in [2.05, 4.69) is 16.8 Å². The largest absolute Gasteiger partial charge is 0.481 e. The molecular formula is C13H20N2O3. The monoisotopic (exact) mass is 252 g/mol. The number of hydrogen-bond donors (Lipinski definition) is 1. The van der Waals surface area contributed by atoms with Gasteiger partial charge in [-0.3, -0.25) is 9.69 Å². The number of carboxylic acids is 1. The van der Waals surface area contributed by atoms with Crippen molar-refractivity contribution in [2.24, 2.45) is 5.92 Å². The Morgan fingerprint density at radius 3 is 2.83 bits per heavy atom. The van der Waals surface area contributed by atoms with Crippen LogP contribution in [0.1, 0.15) is 43.2 Å². The fourth-order valence-corrected chi connectivity index (χ4v) is 2.66. The summed E-state index contributed by atoms with van der Waals surface area (Å²) in [5.41, 5.74) is 0.900. The van der Waals surface area contributed by atoms with Crippen molar-refractivity contribution >= 4 is 5.97 Å². The molecule has 5 heteroatoms. The first-order valence-corrected chi connectivity index (χ1v) is 6.40. The van der Waals surface area contributed by atoms with Crippen molar-refractivity contribution in [2.75, 3.05) is 13.1 Å². The highest BCUT2D eigenvalue weighted by atomic mass is 16.4. The number of aryl methyl sites for hydroxylation is 2. The summed E-state index contributed by atoms with van der Waals surface area (Å²) >= 11 is 0. The van der Waals surface area contributed by atoms with Crippen LogP contribution in [-0.2, 0) is 4.79 Å². The van der Waals surface area contributed by atoms with Crippen LogP contribution in [0.2, 0.25) is 0 Å². The number of oxazole rings is 1. The van der Waals surface area contributed by atoms with Gasteiger partial charge in [-0.25, -0.2) is 4.98 Å². The van der Waals surface area contributed by atoms with Crippen molar-refractivity contribution < 1.29 is 14.3 Å². The first kappa shape index (κ1) is 13.1. The topological polar surface area (TPSA) is 66.6 Å². The number of carbonyl (C=O) groups is 1. The van der Waals surface area contributed by atoms with Crippen molar-refractivity contribution in [3.8, 4) is 0 Å². The van der Waals surface area contributed by atoms with E-state index in [0.29, 0.717) is 12.4 Å². The van der Waals surface area contributed by atoms with E-state index in [1.165, 1.54) is 0 Å². The first-order chi connectivity index (χ1) is 8.49. The summed E-state index contributed by atoms with van der Waals surface area (Å²) in [5.74, 6) is 0.572. The maximum absolute atomic E-state index is 11.1. The van der Waals surface area contributed by atoms with Gasteiger partial charge in [-0.15, -0.1) is 0 Å². The Morgan fingerprint density at radius 1 is 1.56 bits per heavy atom. The number of likely N-dealkylation sites (tertiary alicyclic amines) is 1. The lowest BCUT2D eigenvalue weighted by atomic mass is 9.96. The Morgan fingerprint density at radius 2 is 2.28 bits per heavy atom. The molecule has 0 aromatic carbocycles. The molecule has 2 atom stereocenters. The normalized spacial score (nSPS) is 22.9. The predicted octanol–water partition coefficient (Wildman–Crippen LogP) is 2.15. The molecule has 100 valence electrons. The first-order valence-electron chi connectivity index (χ1n) is 6.40. The summed E-state index contributed by atoms with van der Waals surface area (Å²) in [6.07, 6.45) is 1.69. The molecule has 2 unspecified atom stereocenters. The average molecular weight is 252 g/mol. The molecule has 5 nitrogen and oxygen atoms in total. The van der Waals surface area contributed by atoms with E-state index >= 15 is 0 Å². The quantitative estimate of drug-likeness (QED) is 0.892. The van der Waals surface area contributed by atoms with Crippen LogP contribution in [0.25, 0.3) is 0 Å². The van der Waals surface area contributed by atoms with Gasteiger partial charge in [0.05, 0.1) is 17.7 Å². The average Bonchev–Trinajstić information content (AvgIpc) is 2.67. The van der Waals surface area contributed by atoms with Gasteiger partial charge in [0.1, 0.15) is 5.76 Å². The number of piperidine rings is 1. The Bertz CT molecular complexity index is 441. The summed E-state index contributed by atoms with van der Waals surface area (Å²) < 4.78 is 5.62. The molecule has 0 saturated carbocycles. The number of rotatable bonds is 3. The minimum atomic E-state index is -0.697. The van der Waals surface area contributed by atoms with Crippen molar-refractivity contribution in [1.82, 2.24) is 9.88 Å². The highest BCUT2D eigenvalue weighted by Crippen LogP contribution is 2.28. The lowest BCUT2D eigenvalue weighted by Crippen LogP contribution is -2.40. The maximum Gasteiger partial charge on any atom is 0.307 e. The second kappa shape index (κ2) is 5.10. The van der Waals surface area contributed by atoms with Gasteiger partial charge in [-0.05, 0) is 33.2 Å². The Labute approximate surface area is 107 Å². The molecule has 1 aliphatic rings. The van der Waals surface area contributed by atoms with Crippen LogP contribution in [-0.4, -0.2) is 34.0 Å². The molecule has 1 saturated heterocycles. The van der Waals surface area contributed by atoms with E-state index in [4.69, 9.17) is 9.52 Å². The lowest BCUT2D eigenvalue weighted by Gasteiger charge is -2.34. The number of carboxylic acid groups (broad SMARTS) is 1. The second-order valence-electron chi connectivity index (χ2n) is 5.03. The SMILES string of the molecule is Cc1nc(C)c(C(C)N2CCCC(C(=O)O)C2)o1. The Kier molecular flexibility index (Phi) is 3.71. The molecule has 0 aliphatic carbocycles. The zero-order chi connectivity index (χ0) is 13.3. The molecule has 1 aromatic rings. The molecular weight excluding hydrogens is 232 g/mol. The maximum atomic E-state index is 11.1. The highest BCUT2D eigenvalue weighted by Gasteiger charge is 2.30. The van der Waals surface area contributed by atoms with E-state index < -0.39 is 5.97 Å². The molecule has 2 rings (SSSR count). The Balaban J connectivity index is 2.11. The zero-order valence-corrected chi connectivity index (χ0v) is 11.1. The van der Waals surface area contributed by atoms with Gasteiger partial charge in [0.25, 0.3) is 0 Å². The molecule has 2 heterocycles. The molecule has 0 spiro atoms. The predicted molar refractivity (Wildman–Crippen MR) is 66.3 cm³/mol. The number of aliphatic carboxylic acids is 1. The molecule has 0 radical (unpaired) electrons. The minimum Gasteiger partial charge on any atom is -0.481 e. The van der Waals surface area contributed by atoms with Crippen LogP contribution < -0.4 is 0 Å². The minimum absolute atomic E-state index is 0.0911. The van der Waals surface area contributed by atoms with Gasteiger partial charge >= 0.3 is 5.97 Å². The van der Waals surface area contributed by atoms with Crippen molar-refractivity contribution in [3.63, 3.8) is 0 Å². The molecule has 18 heavy (non-hydrogen) atoms. The third-order valence-corrected chi connectivity index (χ3v) is 3.67. The van der Waals surface area contributed by atoms with Crippen LogP contribution in [0.15, 0.2) is 4.42 Å². The van der Waals surface area contributed by atoms with E-state index in [-0.39, 0.29) is 12.0 Å². The zero-order valence-electron chi connectivity index (χ0n) is 11.1. The van der Waals surface area contributed by atoms with E-state index in [9.17, 15) is 4.79 Å². The third-order valence-electron chi connectivity index (χ3n) is 3.67. The number of aromatic nitrogens is 1. The molecule has 0 bridgehead atoms. The summed E-state index contributed by atoms with van der Waals surface area (Å²) in [7, 11) is 0. The van der Waals surface area contributed by atoms with E-state index in [1.807, 2.05) is 13.8 Å². The molecule has 1 aliphatic heterocycles. The van der Waals surface area contributed by atoms with Gasteiger partial charge in [0.15, 0.2) is 5.89 Å². The van der Waals surface area contributed by atoms with Crippen LogP contribution in [0, 0.1) is 19.8 Å². The molecule has 0 amide bonds. The van der Waals surface area contributed by atoms with Crippen LogP contribution in [0.3, 0.4) is 0 Å². The number of nitrogens with zero attached hydrogens (tertiary/aromatic N) is 2. The summed E-state index contributed by atoms with van der Waals surface area (Å²) in [6, 6.07) is 0.0911. The fraction of sp³-hybridized carbons (Fsp3) is 0.692. The fourth-order valence-electron chi connectivity index (χ4n) is 2.66. The molecule has 1 fully saturated rings. The Hall–Kier alpha value is -1.36. The summed E-state index contributed by atoms with van der Waals surface area (Å²) in [4.78, 5) is 17.5. The third kappa shape index (κ3) is 2.56. The van der Waals surface area contributed by atoms with Crippen molar-refractivity contribution in [1.29, 1.82) is 0 Å². The van der Waals surface area contributed by atoms with E-state index in [1.54, 1.807) is 0 Å². The molecule has 1 aromatic heterocycles. The van der Waals surface area contributed by atoms with Crippen LogP contribution in [0.5, 0.6) is 0 Å². The summed E-state index contributed by atoms with van der Waals surface area (Å²) in [5, 5.41) is 9.10. The van der Waals surface area contributed by atoms with Gasteiger partial charge in [-0.2, -0.15) is 0 Å². The van der Waals surface area contributed by atoms with Crippen LogP contribution in [0.4, 0.5) is 0 Å². The molecule has 1 N–H and O–H groups in total. The van der Waals surface area contributed by atoms with Crippen molar-refractivity contribution in [3.05, 3.63) is 17.3 Å². The second-order valence-corrected chi connectivity index (χ2v) is 5.03. The summed E-state index contributed by atoms with van der Waals surface area (Å²) in [6.45, 7) is 7.33. The number of hydrogen-bond acceptors (Lipinski definition) is 4. The van der Waals surface area contributed by atoms with Gasteiger partial charge < -0.3 is 9.52 Å².